The minimum atomic E-state index is -1.29. The number of halogens is 2. The second kappa shape index (κ2) is 11.5. The first-order valence-corrected chi connectivity index (χ1v) is 13.6. The Bertz CT molecular complexity index is 1880. The molecule has 6 rings (SSSR count). The number of hydrogen-bond acceptors (Lipinski definition) is 7. The number of nitrogens with zero attached hydrogens (tertiary/aromatic N) is 6. The van der Waals surface area contributed by atoms with Gasteiger partial charge in [-0.1, -0.05) is 0 Å². The Labute approximate surface area is 249 Å². The van der Waals surface area contributed by atoms with Gasteiger partial charge in [0.05, 0.1) is 11.9 Å². The number of hydrogen-bond donors (Lipinski definition) is 1. The maximum atomic E-state index is 15.3. The molecule has 1 aliphatic rings. The molecule has 1 atom stereocenters. The van der Waals surface area contributed by atoms with Gasteiger partial charge in [0.15, 0.2) is 23.1 Å². The predicted octanol–water partition coefficient (Wildman–Crippen LogP) is 5.29. The van der Waals surface area contributed by atoms with Gasteiger partial charge in [0.25, 0.3) is 0 Å². The number of nitrogens with one attached hydrogen (secondary N) is 1. The van der Waals surface area contributed by atoms with Crippen molar-refractivity contribution in [2.45, 2.75) is 19.9 Å². The van der Waals surface area contributed by atoms with Crippen LogP contribution in [-0.2, 0) is 9.59 Å². The van der Waals surface area contributed by atoms with Crippen molar-refractivity contribution >= 4 is 34.7 Å². The van der Waals surface area contributed by atoms with Crippen LogP contribution in [-0.4, -0.2) is 54.9 Å². The van der Waals surface area contributed by atoms with Crippen molar-refractivity contribution in [3.63, 3.8) is 0 Å². The summed E-state index contributed by atoms with van der Waals surface area (Å²) in [5.74, 6) is -3.50. The summed E-state index contributed by atoms with van der Waals surface area (Å²) in [6.45, 7) is 3.32. The zero-order chi connectivity index (χ0) is 31.0. The molecule has 44 heavy (non-hydrogen) atoms. The summed E-state index contributed by atoms with van der Waals surface area (Å²) in [5, 5.41) is 6.82. The molecule has 4 heterocycles. The zero-order valence-corrected chi connectivity index (χ0v) is 23.5. The summed E-state index contributed by atoms with van der Waals surface area (Å²) in [5.41, 5.74) is 1.39. The summed E-state index contributed by atoms with van der Waals surface area (Å²) in [7, 11) is 0. The number of rotatable bonds is 7. The van der Waals surface area contributed by atoms with Gasteiger partial charge in [0.1, 0.15) is 17.3 Å². The molecule has 0 radical (unpaired) electrons. The van der Waals surface area contributed by atoms with Gasteiger partial charge in [-0.05, 0) is 68.4 Å². The Morgan fingerprint density at radius 2 is 1.73 bits per heavy atom. The van der Waals surface area contributed by atoms with E-state index in [0.717, 1.165) is 23.1 Å². The van der Waals surface area contributed by atoms with Gasteiger partial charge in [-0.15, -0.1) is 0 Å². The molecule has 0 saturated carbocycles. The predicted molar refractivity (Wildman–Crippen MR) is 156 cm³/mol. The van der Waals surface area contributed by atoms with Crippen LogP contribution in [0.5, 0.6) is 11.5 Å². The maximum absolute atomic E-state index is 15.3. The van der Waals surface area contributed by atoms with Crippen LogP contribution < -0.4 is 15.0 Å². The molecule has 2 aromatic carbocycles. The van der Waals surface area contributed by atoms with Crippen molar-refractivity contribution in [2.75, 3.05) is 16.8 Å². The molecule has 3 aromatic heterocycles. The SMILES string of the molecule is CC(C)N1CC(C(=O)Nc2ccc(Oc3cc(-c4ncccn4)cn4nccc34)c(F)c2)C(=O)N(c2ccc(F)cc2)C1=O. The Morgan fingerprint density at radius 1 is 0.977 bits per heavy atom. The minimum Gasteiger partial charge on any atom is -0.452 e. The highest BCUT2D eigenvalue weighted by molar-refractivity contribution is 6.23. The molecule has 1 N–H and O–H groups in total. The number of benzene rings is 2. The molecule has 4 amide bonds. The number of fused-ring (bicyclic) bond motifs is 1. The number of imide groups is 1. The first-order valence-electron chi connectivity index (χ1n) is 13.6. The van der Waals surface area contributed by atoms with Crippen molar-refractivity contribution < 1.29 is 27.9 Å². The summed E-state index contributed by atoms with van der Waals surface area (Å²) < 4.78 is 36.3. The normalized spacial score (nSPS) is 15.2. The lowest BCUT2D eigenvalue weighted by Gasteiger charge is -2.39. The number of ether oxygens (including phenoxy) is 1. The van der Waals surface area contributed by atoms with E-state index >= 15 is 4.39 Å². The molecule has 222 valence electrons. The number of carbonyl (C=O) groups is 3. The van der Waals surface area contributed by atoms with E-state index in [1.54, 1.807) is 61.3 Å². The fraction of sp³-hybridized carbons (Fsp3) is 0.161. The Hall–Kier alpha value is -5.72. The Balaban J connectivity index is 1.23. The molecule has 0 spiro atoms. The molecule has 0 bridgehead atoms. The third kappa shape index (κ3) is 5.42. The molecule has 1 unspecified atom stereocenters. The second-order valence-corrected chi connectivity index (χ2v) is 10.3. The van der Waals surface area contributed by atoms with Gasteiger partial charge < -0.3 is 15.0 Å². The number of urea groups is 1. The van der Waals surface area contributed by atoms with Crippen LogP contribution >= 0.6 is 0 Å². The van der Waals surface area contributed by atoms with E-state index in [4.69, 9.17) is 4.74 Å². The van der Waals surface area contributed by atoms with Crippen LogP contribution in [0.4, 0.5) is 25.0 Å². The number of carbonyl (C=O) groups excluding carboxylic acids is 3. The molecule has 11 nitrogen and oxygen atoms in total. The monoisotopic (exact) mass is 597 g/mol. The lowest BCUT2D eigenvalue weighted by Crippen LogP contribution is -2.61. The van der Waals surface area contributed by atoms with Crippen molar-refractivity contribution in [1.29, 1.82) is 0 Å². The van der Waals surface area contributed by atoms with Crippen LogP contribution in [0.2, 0.25) is 0 Å². The smallest absolute Gasteiger partial charge is 0.331 e. The van der Waals surface area contributed by atoms with Crippen molar-refractivity contribution in [3.8, 4) is 22.9 Å². The number of anilines is 2. The Kier molecular flexibility index (Phi) is 7.43. The van der Waals surface area contributed by atoms with Gasteiger partial charge in [-0.25, -0.2) is 33.0 Å². The standard InChI is InChI=1S/C31H25F2N7O4/c1-18(2)38-17-23(30(42)40(31(38)43)22-7-4-20(32)5-8-22)29(41)37-21-6-9-26(24(33)15-21)44-27-14-19(28-34-11-3-12-35-28)16-39-25(27)10-13-36-39/h3-16,18,23H,17H2,1-2H3,(H,37,41). The van der Waals surface area contributed by atoms with E-state index in [1.165, 1.54) is 29.2 Å². The van der Waals surface area contributed by atoms with Gasteiger partial charge in [0.2, 0.25) is 11.8 Å². The van der Waals surface area contributed by atoms with E-state index in [2.05, 4.69) is 20.4 Å². The van der Waals surface area contributed by atoms with E-state index in [-0.39, 0.29) is 29.7 Å². The number of aromatic nitrogens is 4. The molecule has 0 aliphatic carbocycles. The second-order valence-electron chi connectivity index (χ2n) is 10.3. The van der Waals surface area contributed by atoms with Crippen molar-refractivity contribution in [2.24, 2.45) is 5.92 Å². The zero-order valence-electron chi connectivity index (χ0n) is 23.5. The third-order valence-electron chi connectivity index (χ3n) is 7.07. The van der Waals surface area contributed by atoms with Gasteiger partial charge in [0, 0.05) is 48.5 Å². The van der Waals surface area contributed by atoms with Crippen LogP contribution in [0.15, 0.2) is 85.5 Å². The largest absolute Gasteiger partial charge is 0.452 e. The first kappa shape index (κ1) is 28.4. The van der Waals surface area contributed by atoms with Crippen molar-refractivity contribution in [3.05, 3.63) is 97.1 Å². The van der Waals surface area contributed by atoms with E-state index in [0.29, 0.717) is 22.7 Å². The number of amides is 4. The lowest BCUT2D eigenvalue weighted by atomic mass is 10.0. The summed E-state index contributed by atoms with van der Waals surface area (Å²) in [6.07, 6.45) is 6.50. The highest BCUT2D eigenvalue weighted by Crippen LogP contribution is 2.33. The van der Waals surface area contributed by atoms with Crippen LogP contribution in [0.3, 0.4) is 0 Å². The average molecular weight is 598 g/mol. The van der Waals surface area contributed by atoms with Crippen LogP contribution in [0.1, 0.15) is 13.8 Å². The first-order chi connectivity index (χ1) is 21.2. The molecular weight excluding hydrogens is 572 g/mol. The van der Waals surface area contributed by atoms with Crippen LogP contribution in [0, 0.1) is 17.6 Å². The third-order valence-corrected chi connectivity index (χ3v) is 7.07. The molecule has 5 aromatic rings. The van der Waals surface area contributed by atoms with E-state index in [9.17, 15) is 18.8 Å². The fourth-order valence-electron chi connectivity index (χ4n) is 4.84. The van der Waals surface area contributed by atoms with E-state index in [1.807, 2.05) is 0 Å². The molecular formula is C31H25F2N7O4. The topological polar surface area (TPSA) is 122 Å². The average Bonchev–Trinajstić information content (AvgIpc) is 3.49. The van der Waals surface area contributed by atoms with Gasteiger partial charge in [-0.3, -0.25) is 9.59 Å². The van der Waals surface area contributed by atoms with Crippen LogP contribution in [0.25, 0.3) is 16.9 Å². The summed E-state index contributed by atoms with van der Waals surface area (Å²) >= 11 is 0. The quantitative estimate of drug-likeness (QED) is 0.253. The molecule has 1 saturated heterocycles. The molecule has 1 fully saturated rings. The summed E-state index contributed by atoms with van der Waals surface area (Å²) in [6, 6.07) is 12.8. The lowest BCUT2D eigenvalue weighted by molar-refractivity contribution is -0.132. The van der Waals surface area contributed by atoms with Gasteiger partial charge in [-0.2, -0.15) is 5.10 Å². The van der Waals surface area contributed by atoms with E-state index < -0.39 is 35.4 Å². The highest BCUT2D eigenvalue weighted by Gasteiger charge is 2.44. The van der Waals surface area contributed by atoms with Crippen molar-refractivity contribution in [1.82, 2.24) is 24.5 Å². The Morgan fingerprint density at radius 3 is 2.43 bits per heavy atom. The van der Waals surface area contributed by atoms with Gasteiger partial charge >= 0.3 is 6.03 Å². The maximum Gasteiger partial charge on any atom is 0.331 e. The molecule has 1 aliphatic heterocycles. The minimum absolute atomic E-state index is 0.0786. The summed E-state index contributed by atoms with van der Waals surface area (Å²) in [4.78, 5) is 50.5. The number of pyridine rings is 1. The fourth-order valence-corrected chi connectivity index (χ4v) is 4.84. The highest BCUT2D eigenvalue weighted by atomic mass is 19.1. The molecule has 13 heteroatoms.